The summed E-state index contributed by atoms with van der Waals surface area (Å²) in [6.07, 6.45) is -5.19. The maximum Gasteiger partial charge on any atom is 0.460 e. The van der Waals surface area contributed by atoms with Crippen LogP contribution < -0.4 is 0 Å². The van der Waals surface area contributed by atoms with Gasteiger partial charge < -0.3 is 9.04 Å². The lowest BCUT2D eigenvalue weighted by molar-refractivity contribution is -0.897. The second kappa shape index (κ2) is 9.14. The molecule has 0 amide bonds. The molecule has 1 rings (SSSR count). The Morgan fingerprint density at radius 2 is 1.37 bits per heavy atom. The van der Waals surface area contributed by atoms with Crippen LogP contribution in [0.2, 0.25) is 0 Å². The number of likely N-dealkylation sites (N-methyl/N-ethyl adjacent to an activating group) is 1. The van der Waals surface area contributed by atoms with Crippen LogP contribution in [0.4, 0.5) is 39.5 Å². The molecule has 30 heavy (non-hydrogen) atoms. The lowest BCUT2D eigenvalue weighted by atomic mass is 10.1. The lowest BCUT2D eigenvalue weighted by Gasteiger charge is -2.34. The molecule has 0 aliphatic heterocycles. The van der Waals surface area contributed by atoms with Crippen LogP contribution in [0.15, 0.2) is 43.0 Å². The van der Waals surface area contributed by atoms with Crippen LogP contribution in [0.3, 0.4) is 0 Å². The summed E-state index contributed by atoms with van der Waals surface area (Å²) in [6.45, 7) is 5.84. The van der Waals surface area contributed by atoms with Gasteiger partial charge in [0.15, 0.2) is 10.1 Å². The summed E-state index contributed by atoms with van der Waals surface area (Å²) >= 11 is 0. The second-order valence-electron chi connectivity index (χ2n) is 6.67. The smallest absolute Gasteiger partial charge is 0.460 e. The monoisotopic (exact) mass is 475 g/mol. The topological polar surface area (TPSA) is 57.2 Å². The molecule has 0 aliphatic rings. The SMILES string of the molecule is C=CC[N+](C)(C)Cc1ccccc1.O=S(=O)([O-])C(F)(F)C(F)(F)C(F)(F)C(F)(F)F. The molecule has 0 heterocycles. The van der Waals surface area contributed by atoms with Crippen molar-refractivity contribution >= 4 is 10.1 Å². The molecule has 1 aromatic rings. The van der Waals surface area contributed by atoms with Crippen molar-refractivity contribution in [3.63, 3.8) is 0 Å². The van der Waals surface area contributed by atoms with Gasteiger partial charge in [0.1, 0.15) is 6.54 Å². The van der Waals surface area contributed by atoms with Crippen molar-refractivity contribution in [2.45, 2.75) is 29.8 Å². The van der Waals surface area contributed by atoms with Crippen LogP contribution in [0.25, 0.3) is 0 Å². The van der Waals surface area contributed by atoms with Gasteiger partial charge in [0.25, 0.3) is 0 Å². The Balaban J connectivity index is 0.000000579. The molecule has 0 aromatic heterocycles. The molecule has 0 fully saturated rings. The molecule has 0 N–H and O–H groups in total. The van der Waals surface area contributed by atoms with Crippen LogP contribution in [0.5, 0.6) is 0 Å². The molecule has 0 radical (unpaired) electrons. The van der Waals surface area contributed by atoms with E-state index in [4.69, 9.17) is 0 Å². The standard InChI is InChI=1S/C12H18N.C4HF9O3S/c1-4-10-13(2,3)11-12-8-6-5-7-9-12;5-1(6,3(9,10)11)2(7,8)4(12,13)17(14,15)16/h4-9H,1,10-11H2,2-3H3;(H,14,15,16)/q+1;/p-1. The zero-order valence-electron chi connectivity index (χ0n) is 15.6. The average molecular weight is 475 g/mol. The third-order valence-corrected chi connectivity index (χ3v) is 4.39. The molecule has 0 atom stereocenters. The van der Waals surface area contributed by atoms with E-state index in [0.717, 1.165) is 17.6 Å². The Kier molecular flexibility index (Phi) is 8.59. The minimum Gasteiger partial charge on any atom is -0.743 e. The van der Waals surface area contributed by atoms with Crippen molar-refractivity contribution in [1.82, 2.24) is 0 Å². The predicted molar refractivity (Wildman–Crippen MR) is 87.9 cm³/mol. The van der Waals surface area contributed by atoms with Crippen molar-refractivity contribution in [3.8, 4) is 0 Å². The summed E-state index contributed by atoms with van der Waals surface area (Å²) in [5, 5.41) is -7.11. The van der Waals surface area contributed by atoms with Crippen LogP contribution in [0.1, 0.15) is 5.56 Å². The van der Waals surface area contributed by atoms with Crippen LogP contribution in [-0.2, 0) is 16.7 Å². The molecule has 4 nitrogen and oxygen atoms in total. The second-order valence-corrected chi connectivity index (χ2v) is 8.09. The van der Waals surface area contributed by atoms with E-state index in [1.807, 2.05) is 6.08 Å². The number of benzene rings is 1. The zero-order chi connectivity index (χ0) is 24.2. The van der Waals surface area contributed by atoms with E-state index in [2.05, 4.69) is 51.0 Å². The normalized spacial score (nSPS) is 14.0. The fraction of sp³-hybridized carbons (Fsp3) is 0.500. The first-order chi connectivity index (χ1) is 13.1. The van der Waals surface area contributed by atoms with E-state index in [1.165, 1.54) is 5.56 Å². The molecule has 0 unspecified atom stereocenters. The van der Waals surface area contributed by atoms with Crippen LogP contribution in [0, 0.1) is 0 Å². The first kappa shape index (κ1) is 28.2. The van der Waals surface area contributed by atoms with Gasteiger partial charge in [0.05, 0.1) is 20.6 Å². The fourth-order valence-corrected chi connectivity index (χ4v) is 2.45. The van der Waals surface area contributed by atoms with Gasteiger partial charge in [-0.25, -0.2) is 8.42 Å². The largest absolute Gasteiger partial charge is 0.743 e. The van der Waals surface area contributed by atoms with Gasteiger partial charge in [-0.2, -0.15) is 39.5 Å². The first-order valence-electron chi connectivity index (χ1n) is 7.76. The highest BCUT2D eigenvalue weighted by Crippen LogP contribution is 2.54. The third-order valence-electron chi connectivity index (χ3n) is 3.51. The quantitative estimate of drug-likeness (QED) is 0.254. The number of hydrogen-bond donors (Lipinski definition) is 0. The van der Waals surface area contributed by atoms with Crippen molar-refractivity contribution in [1.29, 1.82) is 0 Å². The molecule has 0 saturated heterocycles. The Labute approximate surface area is 166 Å². The highest BCUT2D eigenvalue weighted by molar-refractivity contribution is 7.86. The predicted octanol–water partition coefficient (Wildman–Crippen LogP) is 4.41. The van der Waals surface area contributed by atoms with Crippen molar-refractivity contribution in [3.05, 3.63) is 48.6 Å². The van der Waals surface area contributed by atoms with E-state index in [0.29, 0.717) is 0 Å². The minimum absolute atomic E-state index is 0.966. The molecule has 174 valence electrons. The van der Waals surface area contributed by atoms with Crippen LogP contribution in [-0.4, -0.2) is 61.4 Å². The van der Waals surface area contributed by atoms with Crippen molar-refractivity contribution < 1.29 is 57.0 Å². The van der Waals surface area contributed by atoms with Gasteiger partial charge in [-0.1, -0.05) is 36.9 Å². The average Bonchev–Trinajstić information content (AvgIpc) is 2.53. The molecular weight excluding hydrogens is 457 g/mol. The molecule has 1 aromatic carbocycles. The Bertz CT molecular complexity index is 807. The minimum atomic E-state index is -7.43. The van der Waals surface area contributed by atoms with E-state index in [9.17, 15) is 52.5 Å². The number of halogens is 9. The Morgan fingerprint density at radius 3 is 1.70 bits per heavy atom. The molecule has 0 aliphatic carbocycles. The van der Waals surface area contributed by atoms with Gasteiger partial charge in [-0.3, -0.25) is 0 Å². The summed E-state index contributed by atoms with van der Waals surface area (Å²) in [5.41, 5.74) is 1.38. The molecule has 14 heteroatoms. The zero-order valence-corrected chi connectivity index (χ0v) is 16.4. The highest BCUT2D eigenvalue weighted by atomic mass is 32.2. The van der Waals surface area contributed by atoms with E-state index in [1.54, 1.807) is 0 Å². The summed E-state index contributed by atoms with van der Waals surface area (Å²) in [4.78, 5) is 0. The summed E-state index contributed by atoms with van der Waals surface area (Å²) in [7, 11) is -2.98. The highest BCUT2D eigenvalue weighted by Gasteiger charge is 2.83. The van der Waals surface area contributed by atoms with Gasteiger partial charge >= 0.3 is 23.3 Å². The maximum absolute atomic E-state index is 12.2. The number of rotatable bonds is 7. The van der Waals surface area contributed by atoms with E-state index >= 15 is 0 Å². The van der Waals surface area contributed by atoms with Gasteiger partial charge in [-0.05, 0) is 6.08 Å². The van der Waals surface area contributed by atoms with Crippen molar-refractivity contribution in [2.24, 2.45) is 0 Å². The molecule has 0 bridgehead atoms. The summed E-state index contributed by atoms with van der Waals surface area (Å²) < 4.78 is 136. The maximum atomic E-state index is 12.2. The number of nitrogens with zero attached hydrogens (tertiary/aromatic N) is 1. The van der Waals surface area contributed by atoms with Crippen LogP contribution >= 0.6 is 0 Å². The summed E-state index contributed by atoms with van der Waals surface area (Å²) in [6, 6.07) is 10.6. The summed E-state index contributed by atoms with van der Waals surface area (Å²) in [5.74, 6) is -14.8. The number of hydrogen-bond acceptors (Lipinski definition) is 3. The Hall–Kier alpha value is -1.80. The van der Waals surface area contributed by atoms with E-state index < -0.39 is 33.4 Å². The van der Waals surface area contributed by atoms with Crippen molar-refractivity contribution in [2.75, 3.05) is 20.6 Å². The van der Waals surface area contributed by atoms with E-state index in [-0.39, 0.29) is 0 Å². The fourth-order valence-electron chi connectivity index (χ4n) is 2.01. The third kappa shape index (κ3) is 6.35. The lowest BCUT2D eigenvalue weighted by Crippen LogP contribution is -2.63. The van der Waals surface area contributed by atoms with Gasteiger partial charge in [-0.15, -0.1) is 0 Å². The first-order valence-corrected chi connectivity index (χ1v) is 9.17. The van der Waals surface area contributed by atoms with Gasteiger partial charge in [0, 0.05) is 5.56 Å². The number of alkyl halides is 9. The van der Waals surface area contributed by atoms with Gasteiger partial charge in [0.2, 0.25) is 0 Å². The number of quaternary nitrogens is 1. The Morgan fingerprint density at radius 1 is 0.933 bits per heavy atom. The molecule has 0 spiro atoms. The molecular formula is C16H18F9NO3S. The molecule has 0 saturated carbocycles.